The number of nitrogens with zero attached hydrogens (tertiary/aromatic N) is 2. The number of rotatable bonds is 5. The van der Waals surface area contributed by atoms with Gasteiger partial charge in [0.05, 0.1) is 13.2 Å². The van der Waals surface area contributed by atoms with E-state index in [0.717, 1.165) is 39.3 Å². The van der Waals surface area contributed by atoms with Crippen molar-refractivity contribution in [2.75, 3.05) is 12.4 Å². The number of anilines is 1. The van der Waals surface area contributed by atoms with Crippen LogP contribution in [0.15, 0.2) is 66.9 Å². The highest BCUT2D eigenvalue weighted by molar-refractivity contribution is 5.86. The van der Waals surface area contributed by atoms with E-state index in [1.54, 1.807) is 13.3 Å². The fourth-order valence-corrected chi connectivity index (χ4v) is 3.44. The van der Waals surface area contributed by atoms with Crippen molar-refractivity contribution in [3.63, 3.8) is 0 Å². The van der Waals surface area contributed by atoms with E-state index in [9.17, 15) is 5.11 Å². The van der Waals surface area contributed by atoms with Crippen molar-refractivity contribution in [3.8, 4) is 11.5 Å². The Morgan fingerprint density at radius 1 is 1.00 bits per heavy atom. The third-order valence-corrected chi connectivity index (χ3v) is 4.95. The minimum absolute atomic E-state index is 0.166. The maximum Gasteiger partial charge on any atom is 0.147 e. The molecule has 1 atom stereocenters. The van der Waals surface area contributed by atoms with Gasteiger partial charge >= 0.3 is 0 Å². The predicted octanol–water partition coefficient (Wildman–Crippen LogP) is 5.16. The number of ether oxygens (including phenoxy) is 1. The molecule has 0 saturated carbocycles. The molecule has 29 heavy (non-hydrogen) atoms. The Kier molecular flexibility index (Phi) is 5.04. The lowest BCUT2D eigenvalue weighted by Gasteiger charge is -2.22. The summed E-state index contributed by atoms with van der Waals surface area (Å²) in [7, 11) is 1.64. The van der Waals surface area contributed by atoms with E-state index in [-0.39, 0.29) is 11.8 Å². The number of phenols is 1. The van der Waals surface area contributed by atoms with Crippen molar-refractivity contribution in [2.45, 2.75) is 19.9 Å². The minimum atomic E-state index is -0.328. The Morgan fingerprint density at radius 2 is 1.83 bits per heavy atom. The molecule has 5 nitrogen and oxygen atoms in total. The van der Waals surface area contributed by atoms with Crippen LogP contribution in [0.3, 0.4) is 0 Å². The van der Waals surface area contributed by atoms with Crippen molar-refractivity contribution < 1.29 is 9.84 Å². The number of benzene rings is 2. The standard InChI is InChI=1S/C24H23N3O2/c1-15-11-12-25-21(13-15)27-22(18-5-4-6-19(14-18)29-3)20-10-9-17-8-7-16(2)26-23(17)24(20)28/h4-14,22,28H,1-3H3,(H,25,27)/t22-/m0/s1. The maximum atomic E-state index is 11.1. The molecule has 0 unspecified atom stereocenters. The molecule has 0 saturated heterocycles. The van der Waals surface area contributed by atoms with Crippen LogP contribution in [0.25, 0.3) is 10.9 Å². The van der Waals surface area contributed by atoms with Crippen molar-refractivity contribution in [3.05, 3.63) is 89.2 Å². The first-order valence-electron chi connectivity index (χ1n) is 9.47. The van der Waals surface area contributed by atoms with Crippen LogP contribution in [-0.2, 0) is 0 Å². The number of fused-ring (bicyclic) bond motifs is 1. The summed E-state index contributed by atoms with van der Waals surface area (Å²) in [6, 6.07) is 19.2. The molecule has 0 fully saturated rings. The number of hydrogen-bond donors (Lipinski definition) is 2. The smallest absolute Gasteiger partial charge is 0.147 e. The van der Waals surface area contributed by atoms with Crippen LogP contribution in [0.4, 0.5) is 5.82 Å². The molecule has 5 heteroatoms. The Morgan fingerprint density at radius 3 is 2.62 bits per heavy atom. The summed E-state index contributed by atoms with van der Waals surface area (Å²) < 4.78 is 5.41. The normalized spacial score (nSPS) is 12.0. The molecular formula is C24H23N3O2. The van der Waals surface area contributed by atoms with Crippen molar-refractivity contribution >= 4 is 16.7 Å². The van der Waals surface area contributed by atoms with Crippen LogP contribution in [-0.4, -0.2) is 22.2 Å². The summed E-state index contributed by atoms with van der Waals surface area (Å²) in [4.78, 5) is 8.99. The quantitative estimate of drug-likeness (QED) is 0.496. The Bertz CT molecular complexity index is 1170. The lowest BCUT2D eigenvalue weighted by atomic mass is 9.96. The van der Waals surface area contributed by atoms with Gasteiger partial charge in [-0.25, -0.2) is 9.97 Å². The zero-order valence-electron chi connectivity index (χ0n) is 16.7. The van der Waals surface area contributed by atoms with Gasteiger partial charge < -0.3 is 15.2 Å². The van der Waals surface area contributed by atoms with E-state index >= 15 is 0 Å². The van der Waals surface area contributed by atoms with E-state index in [0.29, 0.717) is 5.52 Å². The van der Waals surface area contributed by atoms with Crippen LogP contribution >= 0.6 is 0 Å². The third kappa shape index (κ3) is 3.85. The zero-order chi connectivity index (χ0) is 20.4. The molecule has 2 aromatic heterocycles. The van der Waals surface area contributed by atoms with Gasteiger partial charge in [-0.1, -0.05) is 30.3 Å². The first-order chi connectivity index (χ1) is 14.0. The first-order valence-corrected chi connectivity index (χ1v) is 9.47. The van der Waals surface area contributed by atoms with E-state index < -0.39 is 0 Å². The van der Waals surface area contributed by atoms with Gasteiger partial charge in [0.15, 0.2) is 0 Å². The molecule has 146 valence electrons. The van der Waals surface area contributed by atoms with Crippen LogP contribution < -0.4 is 10.1 Å². The topological polar surface area (TPSA) is 67.3 Å². The van der Waals surface area contributed by atoms with Gasteiger partial charge in [0.2, 0.25) is 0 Å². The molecule has 0 aliphatic rings. The Labute approximate surface area is 170 Å². The number of pyridine rings is 2. The minimum Gasteiger partial charge on any atom is -0.505 e. The van der Waals surface area contributed by atoms with Gasteiger partial charge in [0.25, 0.3) is 0 Å². The number of methoxy groups -OCH3 is 1. The monoisotopic (exact) mass is 385 g/mol. The van der Waals surface area contributed by atoms with Crippen LogP contribution in [0.2, 0.25) is 0 Å². The molecule has 4 rings (SSSR count). The predicted molar refractivity (Wildman–Crippen MR) is 116 cm³/mol. The summed E-state index contributed by atoms with van der Waals surface area (Å²) in [5.74, 6) is 1.65. The van der Waals surface area contributed by atoms with Crippen molar-refractivity contribution in [1.82, 2.24) is 9.97 Å². The van der Waals surface area contributed by atoms with Gasteiger partial charge in [-0.2, -0.15) is 0 Å². The average Bonchev–Trinajstić information content (AvgIpc) is 2.73. The highest BCUT2D eigenvalue weighted by atomic mass is 16.5. The molecule has 0 amide bonds. The number of aryl methyl sites for hydroxylation is 2. The first kappa shape index (κ1) is 18.7. The molecule has 4 aromatic rings. The highest BCUT2D eigenvalue weighted by Crippen LogP contribution is 2.37. The lowest BCUT2D eigenvalue weighted by molar-refractivity contribution is 0.414. The Hall–Kier alpha value is -3.60. The van der Waals surface area contributed by atoms with Crippen LogP contribution in [0.5, 0.6) is 11.5 Å². The lowest BCUT2D eigenvalue weighted by Crippen LogP contribution is -2.14. The van der Waals surface area contributed by atoms with Crippen molar-refractivity contribution in [1.29, 1.82) is 0 Å². The molecule has 0 bridgehead atoms. The van der Waals surface area contributed by atoms with Gasteiger partial charge in [-0.05, 0) is 55.3 Å². The summed E-state index contributed by atoms with van der Waals surface area (Å²) in [6.45, 7) is 3.94. The Balaban J connectivity index is 1.87. The maximum absolute atomic E-state index is 11.1. The molecule has 0 spiro atoms. The van der Waals surface area contributed by atoms with E-state index in [1.165, 1.54) is 0 Å². The molecule has 0 radical (unpaired) electrons. The summed E-state index contributed by atoms with van der Waals surface area (Å²) in [6.07, 6.45) is 1.77. The van der Waals surface area contributed by atoms with Gasteiger partial charge in [-0.3, -0.25) is 0 Å². The zero-order valence-corrected chi connectivity index (χ0v) is 16.7. The largest absolute Gasteiger partial charge is 0.505 e. The second kappa shape index (κ2) is 7.80. The molecule has 0 aliphatic carbocycles. The third-order valence-electron chi connectivity index (χ3n) is 4.95. The molecule has 2 heterocycles. The van der Waals surface area contributed by atoms with Crippen LogP contribution in [0.1, 0.15) is 28.4 Å². The number of nitrogens with one attached hydrogen (secondary N) is 1. The van der Waals surface area contributed by atoms with Gasteiger partial charge in [-0.15, -0.1) is 0 Å². The van der Waals surface area contributed by atoms with Gasteiger partial charge in [0.1, 0.15) is 22.8 Å². The second-order valence-electron chi connectivity index (χ2n) is 7.10. The van der Waals surface area contributed by atoms with E-state index in [4.69, 9.17) is 4.74 Å². The number of aromatic nitrogens is 2. The molecular weight excluding hydrogens is 362 g/mol. The molecule has 2 aromatic carbocycles. The second-order valence-corrected chi connectivity index (χ2v) is 7.10. The van der Waals surface area contributed by atoms with Crippen molar-refractivity contribution in [2.24, 2.45) is 0 Å². The molecule has 0 aliphatic heterocycles. The molecule has 2 N–H and O–H groups in total. The fraction of sp³-hybridized carbons (Fsp3) is 0.167. The van der Waals surface area contributed by atoms with Gasteiger partial charge in [0, 0.05) is 22.8 Å². The number of phenolic OH excluding ortho intramolecular Hbond substituents is 1. The number of hydrogen-bond acceptors (Lipinski definition) is 5. The number of aromatic hydroxyl groups is 1. The fourth-order valence-electron chi connectivity index (χ4n) is 3.44. The van der Waals surface area contributed by atoms with E-state index in [2.05, 4.69) is 15.3 Å². The average molecular weight is 385 g/mol. The summed E-state index contributed by atoms with van der Waals surface area (Å²) in [5, 5.41) is 15.5. The van der Waals surface area contributed by atoms with Crippen LogP contribution in [0, 0.1) is 13.8 Å². The summed E-state index contributed by atoms with van der Waals surface area (Å²) in [5.41, 5.74) is 4.24. The highest BCUT2D eigenvalue weighted by Gasteiger charge is 2.21. The SMILES string of the molecule is COc1cccc([C@H](Nc2cc(C)ccn2)c2ccc3ccc(C)nc3c2O)c1. The van der Waals surface area contributed by atoms with E-state index in [1.807, 2.05) is 74.5 Å². The summed E-state index contributed by atoms with van der Waals surface area (Å²) >= 11 is 0.